The molecule has 0 amide bonds. The van der Waals surface area contributed by atoms with E-state index in [9.17, 15) is 4.79 Å². The topological polar surface area (TPSA) is 74.8 Å². The van der Waals surface area contributed by atoms with Crippen molar-refractivity contribution in [3.8, 4) is 22.6 Å². The van der Waals surface area contributed by atoms with E-state index in [1.165, 1.54) is 0 Å². The number of ether oxygens (including phenoxy) is 1. The summed E-state index contributed by atoms with van der Waals surface area (Å²) >= 11 is 7.46. The molecule has 49 heavy (non-hydrogen) atoms. The van der Waals surface area contributed by atoms with Crippen molar-refractivity contribution in [3.05, 3.63) is 160 Å². The number of fused-ring (bicyclic) bond motifs is 1. The summed E-state index contributed by atoms with van der Waals surface area (Å²) in [6, 6.07) is 44.6. The second kappa shape index (κ2) is 13.2. The molecule has 0 unspecified atom stereocenters. The summed E-state index contributed by atoms with van der Waals surface area (Å²) in [6.45, 7) is 5.59. The fourth-order valence-corrected chi connectivity index (χ4v) is 7.41. The molecule has 0 bridgehead atoms. The zero-order valence-corrected chi connectivity index (χ0v) is 30.4. The molecule has 9 heteroatoms. The van der Waals surface area contributed by atoms with Gasteiger partial charge in [0.15, 0.2) is 5.54 Å². The molecule has 7 aromatic rings. The van der Waals surface area contributed by atoms with E-state index in [0.29, 0.717) is 22.4 Å². The summed E-state index contributed by atoms with van der Waals surface area (Å²) < 4.78 is 8.35. The molecule has 0 spiro atoms. The van der Waals surface area contributed by atoms with E-state index < -0.39 is 17.2 Å². The highest BCUT2D eigenvalue weighted by molar-refractivity contribution is 9.10. The summed E-state index contributed by atoms with van der Waals surface area (Å²) in [4.78, 5) is 15.7. The summed E-state index contributed by atoms with van der Waals surface area (Å²) in [6.07, 6.45) is -0.479. The number of rotatable bonds is 7. The Hall–Kier alpha value is -4.86. The average Bonchev–Trinajstić information content (AvgIpc) is 3.72. The van der Waals surface area contributed by atoms with E-state index in [0.717, 1.165) is 43.2 Å². The van der Waals surface area contributed by atoms with Gasteiger partial charge >= 0.3 is 6.09 Å². The van der Waals surface area contributed by atoms with Gasteiger partial charge < -0.3 is 4.74 Å². The van der Waals surface area contributed by atoms with Gasteiger partial charge in [0.2, 0.25) is 5.82 Å². The van der Waals surface area contributed by atoms with Gasteiger partial charge in [-0.05, 0) is 76.3 Å². The van der Waals surface area contributed by atoms with E-state index in [2.05, 4.69) is 74.3 Å². The predicted octanol–water partition coefficient (Wildman–Crippen LogP) is 10.2. The number of benzene rings is 5. The number of aromatic nitrogens is 5. The molecule has 2 heterocycles. The van der Waals surface area contributed by atoms with E-state index in [-0.39, 0.29) is 0 Å². The van der Waals surface area contributed by atoms with Crippen LogP contribution in [0.1, 0.15) is 43.0 Å². The lowest BCUT2D eigenvalue weighted by Gasteiger charge is -2.34. The second-order valence-corrected chi connectivity index (χ2v) is 14.1. The second-order valence-electron chi connectivity index (χ2n) is 12.7. The standard InChI is InChI=1S/C40H33Br2N5O2/c1-39(2,3)49-38(48)46-34-24-23-27(26-41)25-33(34)35(42)36(46)31-21-13-14-22-32(31)37-43-45-47(44-37)40(28-15-7-4-8-16-28,29-17-9-5-10-18-29)30-19-11-6-12-20-30/h4-25H,26H2,1-3H3. The SMILES string of the molecule is CC(C)(C)OC(=O)n1c(-c2ccccc2-c2nnn(C(c3ccccc3)(c3ccccc3)c3ccccc3)n2)c(Br)c2cc(CBr)ccc21. The maximum absolute atomic E-state index is 14.0. The van der Waals surface area contributed by atoms with Crippen LogP contribution in [-0.2, 0) is 15.6 Å². The molecule has 0 saturated carbocycles. The van der Waals surface area contributed by atoms with Crippen LogP contribution in [0, 0.1) is 0 Å². The van der Waals surface area contributed by atoms with Crippen LogP contribution in [-0.4, -0.2) is 36.5 Å². The third-order valence-corrected chi connectivity index (χ3v) is 9.86. The molecule has 244 valence electrons. The first kappa shape index (κ1) is 32.7. The number of hydrogen-bond donors (Lipinski definition) is 0. The summed E-state index contributed by atoms with van der Waals surface area (Å²) in [7, 11) is 0. The smallest absolute Gasteiger partial charge is 0.419 e. The van der Waals surface area contributed by atoms with Gasteiger partial charge in [0.25, 0.3) is 0 Å². The van der Waals surface area contributed by atoms with E-state index in [1.54, 1.807) is 9.36 Å². The molecule has 0 saturated heterocycles. The Morgan fingerprint density at radius 2 is 1.27 bits per heavy atom. The van der Waals surface area contributed by atoms with Crippen LogP contribution in [0.25, 0.3) is 33.5 Å². The normalized spacial score (nSPS) is 11.9. The zero-order valence-electron chi connectivity index (χ0n) is 27.2. The fraction of sp³-hybridized carbons (Fsp3) is 0.150. The Kier molecular flexibility index (Phi) is 8.81. The number of carbonyl (C=O) groups is 1. The Morgan fingerprint density at radius 1 is 0.735 bits per heavy atom. The quantitative estimate of drug-likeness (QED) is 0.119. The van der Waals surface area contributed by atoms with Crippen molar-refractivity contribution in [2.45, 2.75) is 37.2 Å². The van der Waals surface area contributed by atoms with Gasteiger partial charge in [0.1, 0.15) is 5.60 Å². The minimum absolute atomic E-state index is 0.414. The highest BCUT2D eigenvalue weighted by atomic mass is 79.9. The lowest BCUT2D eigenvalue weighted by Crippen LogP contribution is -2.39. The molecule has 0 aliphatic rings. The van der Waals surface area contributed by atoms with Gasteiger partial charge in [0, 0.05) is 21.8 Å². The first-order valence-electron chi connectivity index (χ1n) is 15.9. The Morgan fingerprint density at radius 3 is 1.80 bits per heavy atom. The molecule has 7 nitrogen and oxygen atoms in total. The predicted molar refractivity (Wildman–Crippen MR) is 201 cm³/mol. The number of alkyl halides is 1. The molecule has 0 fully saturated rings. The molecule has 0 aliphatic heterocycles. The maximum Gasteiger partial charge on any atom is 0.419 e. The van der Waals surface area contributed by atoms with Crippen molar-refractivity contribution in [2.75, 3.05) is 0 Å². The summed E-state index contributed by atoms with van der Waals surface area (Å²) in [5.74, 6) is 0.414. The monoisotopic (exact) mass is 773 g/mol. The van der Waals surface area contributed by atoms with Crippen molar-refractivity contribution in [1.29, 1.82) is 0 Å². The highest BCUT2D eigenvalue weighted by Crippen LogP contribution is 2.43. The molecule has 0 atom stereocenters. The molecular weight excluding hydrogens is 742 g/mol. The largest absolute Gasteiger partial charge is 0.443 e. The van der Waals surface area contributed by atoms with Crippen molar-refractivity contribution in [2.24, 2.45) is 0 Å². The van der Waals surface area contributed by atoms with Gasteiger partial charge in [-0.15, -0.1) is 15.0 Å². The molecule has 7 rings (SSSR count). The summed E-state index contributed by atoms with van der Waals surface area (Å²) in [5, 5.41) is 16.2. The van der Waals surface area contributed by atoms with Crippen LogP contribution >= 0.6 is 31.9 Å². The number of halogens is 2. The van der Waals surface area contributed by atoms with Crippen molar-refractivity contribution in [3.63, 3.8) is 0 Å². The van der Waals surface area contributed by atoms with E-state index in [4.69, 9.17) is 20.1 Å². The van der Waals surface area contributed by atoms with Gasteiger partial charge in [-0.3, -0.25) is 0 Å². The molecule has 5 aromatic carbocycles. The minimum Gasteiger partial charge on any atom is -0.443 e. The third-order valence-electron chi connectivity index (χ3n) is 8.41. The van der Waals surface area contributed by atoms with Crippen LogP contribution in [0.2, 0.25) is 0 Å². The van der Waals surface area contributed by atoms with Crippen LogP contribution < -0.4 is 0 Å². The van der Waals surface area contributed by atoms with Crippen LogP contribution in [0.15, 0.2) is 138 Å². The van der Waals surface area contributed by atoms with Gasteiger partial charge in [0.05, 0.1) is 15.7 Å². The van der Waals surface area contributed by atoms with E-state index >= 15 is 0 Å². The zero-order chi connectivity index (χ0) is 34.2. The van der Waals surface area contributed by atoms with Crippen molar-refractivity contribution >= 4 is 48.9 Å². The van der Waals surface area contributed by atoms with Crippen LogP contribution in [0.4, 0.5) is 4.79 Å². The van der Waals surface area contributed by atoms with E-state index in [1.807, 2.05) is 112 Å². The Labute approximate surface area is 301 Å². The molecule has 2 aromatic heterocycles. The highest BCUT2D eigenvalue weighted by Gasteiger charge is 2.41. The maximum atomic E-state index is 14.0. The van der Waals surface area contributed by atoms with Gasteiger partial charge in [-0.2, -0.15) is 0 Å². The lowest BCUT2D eigenvalue weighted by atomic mass is 9.77. The van der Waals surface area contributed by atoms with Crippen LogP contribution in [0.3, 0.4) is 0 Å². The summed E-state index contributed by atoms with van der Waals surface area (Å²) in [5.41, 5.74) is 5.24. The number of tetrazole rings is 1. The number of nitrogens with zero attached hydrogens (tertiary/aromatic N) is 5. The molecule has 0 aliphatic carbocycles. The van der Waals surface area contributed by atoms with Crippen molar-refractivity contribution < 1.29 is 9.53 Å². The molecule has 0 N–H and O–H groups in total. The minimum atomic E-state index is -0.929. The molecular formula is C40H33Br2N5O2. The number of carbonyl (C=O) groups excluding carboxylic acids is 1. The molecule has 0 radical (unpaired) electrons. The van der Waals surface area contributed by atoms with Crippen molar-refractivity contribution in [1.82, 2.24) is 24.8 Å². The van der Waals surface area contributed by atoms with Gasteiger partial charge in [-0.1, -0.05) is 137 Å². The first-order chi connectivity index (χ1) is 23.7. The third kappa shape index (κ3) is 5.91. The lowest BCUT2D eigenvalue weighted by molar-refractivity contribution is 0.0547. The first-order valence-corrected chi connectivity index (χ1v) is 17.8. The Bertz CT molecular complexity index is 2160. The van der Waals surface area contributed by atoms with Crippen LogP contribution in [0.5, 0.6) is 0 Å². The fourth-order valence-electron chi connectivity index (χ4n) is 6.35. The average molecular weight is 776 g/mol. The Balaban J connectivity index is 1.47. The number of hydrogen-bond acceptors (Lipinski definition) is 5. The van der Waals surface area contributed by atoms with Gasteiger partial charge in [-0.25, -0.2) is 9.36 Å².